The van der Waals surface area contributed by atoms with E-state index in [1.54, 1.807) is 0 Å². The van der Waals surface area contributed by atoms with Crippen molar-refractivity contribution >= 4 is 17.7 Å². The van der Waals surface area contributed by atoms with Gasteiger partial charge in [-0.15, -0.1) is 0 Å². The second-order valence-corrected chi connectivity index (χ2v) is 7.43. The minimum atomic E-state index is -0.0365. The molecule has 0 bridgehead atoms. The molecule has 0 aromatic heterocycles. The summed E-state index contributed by atoms with van der Waals surface area (Å²) in [4.78, 5) is 4.67. The van der Waals surface area contributed by atoms with Crippen LogP contribution >= 0.6 is 11.8 Å². The number of ether oxygens (including phenoxy) is 1. The smallest absolute Gasteiger partial charge is 0.191 e. The predicted octanol–water partition coefficient (Wildman–Crippen LogP) is 2.25. The molecule has 0 saturated carbocycles. The van der Waals surface area contributed by atoms with E-state index in [0.717, 1.165) is 45.0 Å². The summed E-state index contributed by atoms with van der Waals surface area (Å²) >= 11 is 1.84. The van der Waals surface area contributed by atoms with Gasteiger partial charge in [-0.2, -0.15) is 11.8 Å². The molecular weight excluding hydrogens is 258 g/mol. The first-order chi connectivity index (χ1) is 8.91. The lowest BCUT2D eigenvalue weighted by molar-refractivity contribution is 0.0243. The third-order valence-electron chi connectivity index (χ3n) is 3.45. The molecule has 5 heteroatoms. The predicted molar refractivity (Wildman–Crippen MR) is 85.2 cm³/mol. The van der Waals surface area contributed by atoms with Crippen LogP contribution in [0.5, 0.6) is 0 Å². The molecule has 1 saturated heterocycles. The molecule has 1 aliphatic heterocycles. The number of aliphatic imine (C=N–C) groups is 1. The molecule has 1 heterocycles. The summed E-state index contributed by atoms with van der Waals surface area (Å²) < 4.78 is 5.96. The summed E-state index contributed by atoms with van der Waals surface area (Å²) in [7, 11) is 0. The molecule has 0 aromatic rings. The number of thioether (sulfide) groups is 1. The quantitative estimate of drug-likeness (QED) is 0.581. The van der Waals surface area contributed by atoms with Gasteiger partial charge in [0.1, 0.15) is 0 Å². The fraction of sp³-hybridized carbons (Fsp3) is 0.929. The van der Waals surface area contributed by atoms with Gasteiger partial charge in [0.2, 0.25) is 0 Å². The highest BCUT2D eigenvalue weighted by molar-refractivity contribution is 7.99. The van der Waals surface area contributed by atoms with Crippen LogP contribution in [0, 0.1) is 0 Å². The van der Waals surface area contributed by atoms with Gasteiger partial charge >= 0.3 is 0 Å². The van der Waals surface area contributed by atoms with E-state index in [-0.39, 0.29) is 10.3 Å². The highest BCUT2D eigenvalue weighted by Gasteiger charge is 2.29. The van der Waals surface area contributed by atoms with Gasteiger partial charge in [-0.05, 0) is 46.8 Å². The Balaban J connectivity index is 2.49. The van der Waals surface area contributed by atoms with Crippen molar-refractivity contribution < 1.29 is 4.74 Å². The molecule has 0 aliphatic carbocycles. The average molecular weight is 287 g/mol. The van der Waals surface area contributed by atoms with Gasteiger partial charge in [0, 0.05) is 24.4 Å². The first-order valence-corrected chi connectivity index (χ1v) is 8.34. The van der Waals surface area contributed by atoms with Crippen LogP contribution in [0.4, 0.5) is 0 Å². The first-order valence-electron chi connectivity index (χ1n) is 7.12. The maximum absolute atomic E-state index is 5.79. The van der Waals surface area contributed by atoms with E-state index in [0.29, 0.717) is 0 Å². The summed E-state index contributed by atoms with van der Waals surface area (Å²) in [5.41, 5.74) is -0.0365. The van der Waals surface area contributed by atoms with E-state index < -0.39 is 0 Å². The van der Waals surface area contributed by atoms with Crippen molar-refractivity contribution in [3.63, 3.8) is 0 Å². The summed E-state index contributed by atoms with van der Waals surface area (Å²) in [5.74, 6) is 0.890. The Hall–Kier alpha value is -0.420. The van der Waals surface area contributed by atoms with Crippen molar-refractivity contribution in [2.45, 2.75) is 50.9 Å². The largest absolute Gasteiger partial charge is 0.373 e. The van der Waals surface area contributed by atoms with Crippen molar-refractivity contribution in [1.29, 1.82) is 0 Å². The van der Waals surface area contributed by atoms with E-state index in [1.165, 1.54) is 0 Å². The van der Waals surface area contributed by atoms with Crippen molar-refractivity contribution in [2.24, 2.45) is 4.99 Å². The Morgan fingerprint density at radius 3 is 2.68 bits per heavy atom. The Morgan fingerprint density at radius 1 is 1.42 bits per heavy atom. The van der Waals surface area contributed by atoms with Crippen LogP contribution in [0.3, 0.4) is 0 Å². The van der Waals surface area contributed by atoms with Gasteiger partial charge in [0.25, 0.3) is 0 Å². The van der Waals surface area contributed by atoms with Crippen molar-refractivity contribution in [1.82, 2.24) is 10.6 Å². The SMILES string of the molecule is CCNC(=NCC(C)(C)SC)NCC1(C)CCCO1. The van der Waals surface area contributed by atoms with Crippen LogP contribution in [-0.4, -0.2) is 48.8 Å². The Morgan fingerprint density at radius 2 is 2.16 bits per heavy atom. The monoisotopic (exact) mass is 287 g/mol. The summed E-state index contributed by atoms with van der Waals surface area (Å²) in [6.07, 6.45) is 4.41. The summed E-state index contributed by atoms with van der Waals surface area (Å²) in [6.45, 7) is 12.1. The highest BCUT2D eigenvalue weighted by atomic mass is 32.2. The maximum Gasteiger partial charge on any atom is 0.191 e. The molecule has 0 amide bonds. The summed E-state index contributed by atoms with van der Waals surface area (Å²) in [6, 6.07) is 0. The third-order valence-corrected chi connectivity index (χ3v) is 4.68. The summed E-state index contributed by atoms with van der Waals surface area (Å²) in [5, 5.41) is 6.70. The van der Waals surface area contributed by atoms with Crippen LogP contribution in [0.25, 0.3) is 0 Å². The normalized spacial score (nSPS) is 24.6. The number of rotatable bonds is 6. The second kappa shape index (κ2) is 7.39. The number of guanidine groups is 1. The number of hydrogen-bond donors (Lipinski definition) is 2. The van der Waals surface area contributed by atoms with E-state index in [2.05, 4.69) is 49.6 Å². The Bertz CT molecular complexity index is 299. The van der Waals surface area contributed by atoms with Gasteiger partial charge in [-0.1, -0.05) is 0 Å². The van der Waals surface area contributed by atoms with E-state index in [1.807, 2.05) is 11.8 Å². The Labute approximate surface area is 122 Å². The maximum atomic E-state index is 5.79. The number of nitrogens with zero attached hydrogens (tertiary/aromatic N) is 1. The standard InChI is InChI=1S/C14H29N3OS/c1-6-15-12(16-10-13(2,3)19-5)17-11-14(4)8-7-9-18-14/h6-11H2,1-5H3,(H2,15,16,17). The highest BCUT2D eigenvalue weighted by Crippen LogP contribution is 2.24. The van der Waals surface area contributed by atoms with Crippen molar-refractivity contribution in [2.75, 3.05) is 32.5 Å². The van der Waals surface area contributed by atoms with Crippen LogP contribution in [-0.2, 0) is 4.74 Å². The molecule has 0 spiro atoms. The van der Waals surface area contributed by atoms with E-state index >= 15 is 0 Å². The number of hydrogen-bond acceptors (Lipinski definition) is 3. The topological polar surface area (TPSA) is 45.7 Å². The fourth-order valence-corrected chi connectivity index (χ4v) is 2.12. The van der Waals surface area contributed by atoms with E-state index in [4.69, 9.17) is 4.74 Å². The lowest BCUT2D eigenvalue weighted by atomic mass is 10.0. The van der Waals surface area contributed by atoms with Gasteiger partial charge in [-0.25, -0.2) is 0 Å². The minimum absolute atomic E-state index is 0.0365. The lowest BCUT2D eigenvalue weighted by Gasteiger charge is -2.25. The van der Waals surface area contributed by atoms with Gasteiger partial charge in [-0.3, -0.25) is 4.99 Å². The Kier molecular flexibility index (Phi) is 6.47. The molecule has 19 heavy (non-hydrogen) atoms. The van der Waals surface area contributed by atoms with Gasteiger partial charge in [0.05, 0.1) is 12.1 Å². The molecule has 1 rings (SSSR count). The first kappa shape index (κ1) is 16.6. The minimum Gasteiger partial charge on any atom is -0.373 e. The second-order valence-electron chi connectivity index (χ2n) is 5.91. The molecule has 0 aromatic carbocycles. The molecule has 2 N–H and O–H groups in total. The van der Waals surface area contributed by atoms with E-state index in [9.17, 15) is 0 Å². The lowest BCUT2D eigenvalue weighted by Crippen LogP contribution is -2.46. The molecule has 1 atom stereocenters. The molecule has 1 unspecified atom stereocenters. The number of nitrogens with one attached hydrogen (secondary N) is 2. The van der Waals surface area contributed by atoms with Crippen molar-refractivity contribution in [3.8, 4) is 0 Å². The molecule has 1 aliphatic rings. The van der Waals surface area contributed by atoms with Crippen LogP contribution in [0.15, 0.2) is 4.99 Å². The molecule has 4 nitrogen and oxygen atoms in total. The van der Waals surface area contributed by atoms with Gasteiger partial charge in [0.15, 0.2) is 5.96 Å². The molecular formula is C14H29N3OS. The van der Waals surface area contributed by atoms with Gasteiger partial charge < -0.3 is 15.4 Å². The molecule has 1 fully saturated rings. The zero-order valence-electron chi connectivity index (χ0n) is 13.0. The zero-order chi connectivity index (χ0) is 14.4. The van der Waals surface area contributed by atoms with Crippen molar-refractivity contribution in [3.05, 3.63) is 0 Å². The third kappa shape index (κ3) is 6.04. The fourth-order valence-electron chi connectivity index (χ4n) is 1.92. The van der Waals surface area contributed by atoms with Crippen LogP contribution in [0.2, 0.25) is 0 Å². The zero-order valence-corrected chi connectivity index (χ0v) is 13.8. The molecule has 112 valence electrons. The van der Waals surface area contributed by atoms with Crippen LogP contribution < -0.4 is 10.6 Å². The molecule has 0 radical (unpaired) electrons. The van der Waals surface area contributed by atoms with Crippen LogP contribution in [0.1, 0.15) is 40.5 Å². The average Bonchev–Trinajstić information content (AvgIpc) is 2.80.